The van der Waals surface area contributed by atoms with Crippen molar-refractivity contribution in [1.82, 2.24) is 20.5 Å². The maximum Gasteiger partial charge on any atom is 0.188 e. The zero-order valence-corrected chi connectivity index (χ0v) is 11.0. The normalized spacial score (nSPS) is 10.7. The first kappa shape index (κ1) is 12.4. The lowest BCUT2D eigenvalue weighted by molar-refractivity contribution is 0.726. The Morgan fingerprint density at radius 3 is 3.00 bits per heavy atom. The predicted molar refractivity (Wildman–Crippen MR) is 69.3 cm³/mol. The monoisotopic (exact) mass is 268 g/mol. The second-order valence-corrected chi connectivity index (χ2v) is 4.88. The van der Waals surface area contributed by atoms with Crippen LogP contribution in [-0.2, 0) is 6.54 Å². The summed E-state index contributed by atoms with van der Waals surface area (Å²) in [6, 6.07) is 6.04. The molecule has 0 radical (unpaired) electrons. The Hall–Kier alpha value is -1.04. The summed E-state index contributed by atoms with van der Waals surface area (Å²) in [5.74, 6) is 0. The van der Waals surface area contributed by atoms with Gasteiger partial charge in [0.2, 0.25) is 0 Å². The van der Waals surface area contributed by atoms with Gasteiger partial charge in [-0.05, 0) is 36.0 Å². The summed E-state index contributed by atoms with van der Waals surface area (Å²) in [6.07, 6.45) is 1.48. The highest BCUT2D eigenvalue weighted by Crippen LogP contribution is 2.31. The highest BCUT2D eigenvalue weighted by atomic mass is 35.5. The fourth-order valence-corrected chi connectivity index (χ4v) is 2.37. The van der Waals surface area contributed by atoms with Crippen LogP contribution >= 0.6 is 23.4 Å². The molecular formula is C11H13ClN4S. The Morgan fingerprint density at radius 1 is 1.47 bits per heavy atom. The fraction of sp³-hybridized carbons (Fsp3) is 0.273. The van der Waals surface area contributed by atoms with Crippen molar-refractivity contribution in [2.75, 3.05) is 6.54 Å². The molecule has 2 rings (SSSR count). The molecule has 0 aliphatic rings. The molecule has 0 fully saturated rings. The topological polar surface area (TPSA) is 53.6 Å². The van der Waals surface area contributed by atoms with Crippen molar-refractivity contribution in [3.8, 4) is 0 Å². The molecule has 0 bridgehead atoms. The molecule has 4 nitrogen and oxygen atoms in total. The zero-order valence-electron chi connectivity index (χ0n) is 9.40. The van der Waals surface area contributed by atoms with Gasteiger partial charge in [0.1, 0.15) is 6.33 Å². The van der Waals surface area contributed by atoms with E-state index in [1.165, 1.54) is 23.7 Å². The Labute approximate surface area is 109 Å². The van der Waals surface area contributed by atoms with Gasteiger partial charge in [-0.1, -0.05) is 24.6 Å². The average Bonchev–Trinajstić information content (AvgIpc) is 2.82. The molecule has 2 N–H and O–H groups in total. The van der Waals surface area contributed by atoms with Crippen LogP contribution in [0.15, 0.2) is 34.6 Å². The quantitative estimate of drug-likeness (QED) is 0.876. The number of rotatable bonds is 5. The van der Waals surface area contributed by atoms with E-state index in [-0.39, 0.29) is 0 Å². The molecule has 6 heteroatoms. The standard InChI is InChI=1S/C11H13ClN4S/c1-2-13-6-8-3-4-10(9(12)5-8)17-11-14-7-15-16-11/h3-5,7,13H,2,6H2,1H3,(H,14,15,16). The van der Waals surface area contributed by atoms with Crippen molar-refractivity contribution in [3.63, 3.8) is 0 Å². The van der Waals surface area contributed by atoms with Gasteiger partial charge in [0.15, 0.2) is 5.16 Å². The van der Waals surface area contributed by atoms with Gasteiger partial charge in [-0.3, -0.25) is 5.10 Å². The lowest BCUT2D eigenvalue weighted by Crippen LogP contribution is -2.11. The van der Waals surface area contributed by atoms with Gasteiger partial charge in [0, 0.05) is 11.4 Å². The SMILES string of the molecule is CCNCc1ccc(Sc2ncn[nH]2)c(Cl)c1. The highest BCUT2D eigenvalue weighted by molar-refractivity contribution is 7.99. The van der Waals surface area contributed by atoms with Gasteiger partial charge in [0.05, 0.1) is 5.02 Å². The number of benzene rings is 1. The Morgan fingerprint density at radius 2 is 2.35 bits per heavy atom. The highest BCUT2D eigenvalue weighted by Gasteiger charge is 2.05. The summed E-state index contributed by atoms with van der Waals surface area (Å²) in [5, 5.41) is 11.3. The molecule has 0 atom stereocenters. The van der Waals surface area contributed by atoms with Crippen molar-refractivity contribution >= 4 is 23.4 Å². The van der Waals surface area contributed by atoms with Crippen LogP contribution in [0.4, 0.5) is 0 Å². The van der Waals surface area contributed by atoms with Crippen LogP contribution in [0.25, 0.3) is 0 Å². The minimum Gasteiger partial charge on any atom is -0.313 e. The number of nitrogens with one attached hydrogen (secondary N) is 2. The summed E-state index contributed by atoms with van der Waals surface area (Å²) in [4.78, 5) is 5.03. The molecule has 0 amide bonds. The third-order valence-corrected chi connectivity index (χ3v) is 3.57. The van der Waals surface area contributed by atoms with Crippen molar-refractivity contribution in [1.29, 1.82) is 0 Å². The van der Waals surface area contributed by atoms with Gasteiger partial charge < -0.3 is 5.32 Å². The largest absolute Gasteiger partial charge is 0.313 e. The fourth-order valence-electron chi connectivity index (χ4n) is 1.35. The molecule has 17 heavy (non-hydrogen) atoms. The number of hydrogen-bond acceptors (Lipinski definition) is 4. The van der Waals surface area contributed by atoms with Crippen LogP contribution in [0.2, 0.25) is 5.02 Å². The smallest absolute Gasteiger partial charge is 0.188 e. The molecule has 0 spiro atoms. The van der Waals surface area contributed by atoms with E-state index in [1.54, 1.807) is 0 Å². The average molecular weight is 269 g/mol. The molecule has 0 saturated carbocycles. The maximum atomic E-state index is 6.21. The van der Waals surface area contributed by atoms with Crippen LogP contribution < -0.4 is 5.32 Å². The van der Waals surface area contributed by atoms with E-state index in [1.807, 2.05) is 12.1 Å². The van der Waals surface area contributed by atoms with E-state index < -0.39 is 0 Å². The Kier molecular flexibility index (Phi) is 4.42. The lowest BCUT2D eigenvalue weighted by Gasteiger charge is -2.06. The number of aromatic nitrogens is 3. The van der Waals surface area contributed by atoms with Crippen molar-refractivity contribution in [2.45, 2.75) is 23.5 Å². The molecule has 90 valence electrons. The van der Waals surface area contributed by atoms with E-state index in [9.17, 15) is 0 Å². The summed E-state index contributed by atoms with van der Waals surface area (Å²) < 4.78 is 0. The van der Waals surface area contributed by atoms with Gasteiger partial charge in [-0.25, -0.2) is 4.98 Å². The zero-order chi connectivity index (χ0) is 12.1. The third kappa shape index (κ3) is 3.46. The van der Waals surface area contributed by atoms with E-state index in [2.05, 4.69) is 33.5 Å². The van der Waals surface area contributed by atoms with Gasteiger partial charge >= 0.3 is 0 Å². The molecule has 0 saturated heterocycles. The van der Waals surface area contributed by atoms with E-state index in [4.69, 9.17) is 11.6 Å². The predicted octanol–water partition coefficient (Wildman–Crippen LogP) is 2.72. The first-order valence-corrected chi connectivity index (χ1v) is 6.51. The van der Waals surface area contributed by atoms with Crippen LogP contribution in [-0.4, -0.2) is 21.7 Å². The van der Waals surface area contributed by atoms with Crippen molar-refractivity contribution in [2.24, 2.45) is 0 Å². The van der Waals surface area contributed by atoms with E-state index in [0.717, 1.165) is 28.2 Å². The number of hydrogen-bond donors (Lipinski definition) is 2. The third-order valence-electron chi connectivity index (χ3n) is 2.17. The first-order valence-electron chi connectivity index (χ1n) is 5.32. The Balaban J connectivity index is 2.09. The number of aromatic amines is 1. The second-order valence-electron chi connectivity index (χ2n) is 3.44. The van der Waals surface area contributed by atoms with Crippen LogP contribution in [0.3, 0.4) is 0 Å². The van der Waals surface area contributed by atoms with Crippen LogP contribution in [0, 0.1) is 0 Å². The Bertz CT molecular complexity index is 472. The first-order chi connectivity index (χ1) is 8.29. The molecule has 1 aromatic heterocycles. The molecule has 1 aromatic carbocycles. The lowest BCUT2D eigenvalue weighted by atomic mass is 10.2. The van der Waals surface area contributed by atoms with Crippen molar-refractivity contribution < 1.29 is 0 Å². The second kappa shape index (κ2) is 6.05. The maximum absolute atomic E-state index is 6.21. The van der Waals surface area contributed by atoms with Gasteiger partial charge in [-0.15, -0.1) is 0 Å². The van der Waals surface area contributed by atoms with Gasteiger partial charge in [-0.2, -0.15) is 5.10 Å². The number of H-pyrrole nitrogens is 1. The molecule has 0 aliphatic heterocycles. The summed E-state index contributed by atoms with van der Waals surface area (Å²) in [5.41, 5.74) is 1.18. The van der Waals surface area contributed by atoms with E-state index in [0.29, 0.717) is 0 Å². The summed E-state index contributed by atoms with van der Waals surface area (Å²) in [7, 11) is 0. The minimum absolute atomic E-state index is 0.738. The molecule has 1 heterocycles. The van der Waals surface area contributed by atoms with Gasteiger partial charge in [0.25, 0.3) is 0 Å². The number of nitrogens with zero attached hydrogens (tertiary/aromatic N) is 2. The summed E-state index contributed by atoms with van der Waals surface area (Å²) >= 11 is 7.69. The van der Waals surface area contributed by atoms with Crippen molar-refractivity contribution in [3.05, 3.63) is 35.1 Å². The number of halogens is 1. The summed E-state index contributed by atoms with van der Waals surface area (Å²) in [6.45, 7) is 3.87. The molecule has 2 aromatic rings. The molecular weight excluding hydrogens is 256 g/mol. The molecule has 0 unspecified atom stereocenters. The van der Waals surface area contributed by atoms with Crippen LogP contribution in [0.5, 0.6) is 0 Å². The minimum atomic E-state index is 0.738. The van der Waals surface area contributed by atoms with E-state index >= 15 is 0 Å². The molecule has 0 aliphatic carbocycles. The van der Waals surface area contributed by atoms with Crippen LogP contribution in [0.1, 0.15) is 12.5 Å².